The standard InChI is InChI=1S/C14H14ClN7O5/c1-5-8(10(15)16-6(2)9(5)22(25)26)11(23)19-13(24)20-12-17-7(3)18-14(21-12)27-4/h1-4H3,(H2,17,18,19,20,21,23,24). The number of ether oxygens (including phenoxy) is 1. The fourth-order valence-electron chi connectivity index (χ4n) is 2.24. The summed E-state index contributed by atoms with van der Waals surface area (Å²) in [6.45, 7) is 4.28. The van der Waals surface area contributed by atoms with Crippen molar-refractivity contribution in [2.75, 3.05) is 12.4 Å². The van der Waals surface area contributed by atoms with Crippen LogP contribution < -0.4 is 15.4 Å². The molecule has 2 heterocycles. The lowest BCUT2D eigenvalue weighted by Crippen LogP contribution is -2.35. The number of aryl methyl sites for hydroxylation is 2. The summed E-state index contributed by atoms with van der Waals surface area (Å²) in [4.78, 5) is 50.2. The molecule has 0 aromatic carbocycles. The van der Waals surface area contributed by atoms with Gasteiger partial charge in [0.15, 0.2) is 0 Å². The second-order valence-electron chi connectivity index (χ2n) is 5.19. The summed E-state index contributed by atoms with van der Waals surface area (Å²) >= 11 is 5.93. The molecule has 0 aliphatic carbocycles. The van der Waals surface area contributed by atoms with Crippen LogP contribution in [0.1, 0.15) is 27.4 Å². The number of pyridine rings is 1. The van der Waals surface area contributed by atoms with Gasteiger partial charge in [-0.25, -0.2) is 9.78 Å². The molecule has 13 heteroatoms. The second-order valence-corrected chi connectivity index (χ2v) is 5.55. The van der Waals surface area contributed by atoms with E-state index in [-0.39, 0.29) is 45.4 Å². The van der Waals surface area contributed by atoms with Crippen molar-refractivity contribution >= 4 is 35.2 Å². The van der Waals surface area contributed by atoms with Gasteiger partial charge in [-0.05, 0) is 20.8 Å². The molecule has 2 aromatic rings. The molecular formula is C14H14ClN7O5. The Labute approximate surface area is 157 Å². The number of imide groups is 1. The molecule has 0 bridgehead atoms. The highest BCUT2D eigenvalue weighted by molar-refractivity contribution is 6.33. The van der Waals surface area contributed by atoms with Crippen LogP contribution in [0.4, 0.5) is 16.4 Å². The molecule has 0 spiro atoms. The van der Waals surface area contributed by atoms with Crippen LogP contribution in [0.15, 0.2) is 0 Å². The summed E-state index contributed by atoms with van der Waals surface area (Å²) in [6, 6.07) is -1.01. The fourth-order valence-corrected chi connectivity index (χ4v) is 2.59. The van der Waals surface area contributed by atoms with Crippen molar-refractivity contribution in [3.05, 3.63) is 37.9 Å². The number of amides is 3. The number of anilines is 1. The van der Waals surface area contributed by atoms with Crippen molar-refractivity contribution < 1.29 is 19.2 Å². The molecule has 0 atom stereocenters. The van der Waals surface area contributed by atoms with E-state index in [0.717, 1.165) is 0 Å². The van der Waals surface area contributed by atoms with E-state index in [1.807, 2.05) is 5.32 Å². The lowest BCUT2D eigenvalue weighted by Gasteiger charge is -2.10. The second kappa shape index (κ2) is 7.86. The first-order valence-corrected chi connectivity index (χ1v) is 7.72. The number of halogens is 1. The zero-order chi connectivity index (χ0) is 20.3. The maximum atomic E-state index is 12.4. The zero-order valence-electron chi connectivity index (χ0n) is 14.7. The molecule has 2 N–H and O–H groups in total. The molecule has 0 saturated carbocycles. The normalized spacial score (nSPS) is 10.3. The monoisotopic (exact) mass is 395 g/mol. The minimum absolute atomic E-state index is 0.0134. The first-order valence-electron chi connectivity index (χ1n) is 7.34. The van der Waals surface area contributed by atoms with Crippen LogP contribution in [0, 0.1) is 30.9 Å². The van der Waals surface area contributed by atoms with Gasteiger partial charge in [-0.1, -0.05) is 11.6 Å². The lowest BCUT2D eigenvalue weighted by molar-refractivity contribution is -0.386. The SMILES string of the molecule is COc1nc(C)nc(NC(=O)NC(=O)c2c(Cl)nc(C)c([N+](=O)[O-])c2C)n1. The molecule has 12 nitrogen and oxygen atoms in total. The van der Waals surface area contributed by atoms with Crippen LogP contribution in [0.25, 0.3) is 0 Å². The molecule has 0 fully saturated rings. The minimum atomic E-state index is -0.980. The molecule has 3 amide bonds. The number of rotatable bonds is 4. The van der Waals surface area contributed by atoms with Crippen LogP contribution in [-0.2, 0) is 0 Å². The van der Waals surface area contributed by atoms with E-state index >= 15 is 0 Å². The number of nitro groups is 1. The topological polar surface area (TPSA) is 162 Å². The van der Waals surface area contributed by atoms with Gasteiger partial charge in [0.2, 0.25) is 5.95 Å². The van der Waals surface area contributed by atoms with E-state index in [2.05, 4.69) is 25.3 Å². The quantitative estimate of drug-likeness (QED) is 0.445. The number of nitrogens with one attached hydrogen (secondary N) is 2. The first kappa shape index (κ1) is 19.9. The van der Waals surface area contributed by atoms with E-state index in [0.29, 0.717) is 0 Å². The third-order valence-corrected chi connectivity index (χ3v) is 3.59. The molecule has 0 aliphatic heterocycles. The van der Waals surface area contributed by atoms with Crippen LogP contribution >= 0.6 is 11.6 Å². The Hall–Kier alpha value is -3.41. The molecule has 0 aliphatic rings. The van der Waals surface area contributed by atoms with Gasteiger partial charge in [0.25, 0.3) is 11.6 Å². The first-order chi connectivity index (χ1) is 12.6. The lowest BCUT2D eigenvalue weighted by atomic mass is 10.1. The Morgan fingerprint density at radius 1 is 1.15 bits per heavy atom. The van der Waals surface area contributed by atoms with Crippen molar-refractivity contribution in [2.24, 2.45) is 0 Å². The number of hydrogen-bond acceptors (Lipinski definition) is 9. The summed E-state index contributed by atoms with van der Waals surface area (Å²) in [5, 5.41) is 15.1. The summed E-state index contributed by atoms with van der Waals surface area (Å²) in [5.74, 6) is -0.843. The van der Waals surface area contributed by atoms with E-state index < -0.39 is 16.9 Å². The van der Waals surface area contributed by atoms with Crippen molar-refractivity contribution in [1.82, 2.24) is 25.3 Å². The number of nitrogens with zero attached hydrogens (tertiary/aromatic N) is 5. The molecule has 142 valence electrons. The number of hydrogen-bond donors (Lipinski definition) is 2. The third kappa shape index (κ3) is 4.41. The van der Waals surface area contributed by atoms with E-state index in [4.69, 9.17) is 16.3 Å². The average molecular weight is 396 g/mol. The maximum absolute atomic E-state index is 12.4. The Balaban J connectivity index is 2.25. The largest absolute Gasteiger partial charge is 0.467 e. The molecule has 2 aromatic heterocycles. The van der Waals surface area contributed by atoms with E-state index in [9.17, 15) is 19.7 Å². The number of aromatic nitrogens is 4. The third-order valence-electron chi connectivity index (χ3n) is 3.32. The molecule has 0 saturated heterocycles. The van der Waals surface area contributed by atoms with Gasteiger partial charge >= 0.3 is 12.0 Å². The van der Waals surface area contributed by atoms with Gasteiger partial charge < -0.3 is 4.74 Å². The van der Waals surface area contributed by atoms with E-state index in [1.165, 1.54) is 21.0 Å². The predicted molar refractivity (Wildman–Crippen MR) is 93.0 cm³/mol. The Morgan fingerprint density at radius 3 is 2.41 bits per heavy atom. The smallest absolute Gasteiger partial charge is 0.328 e. The van der Waals surface area contributed by atoms with Crippen LogP contribution in [0.2, 0.25) is 5.15 Å². The summed E-state index contributed by atoms with van der Waals surface area (Å²) in [6.07, 6.45) is 0. The minimum Gasteiger partial charge on any atom is -0.467 e. The fraction of sp³-hybridized carbons (Fsp3) is 0.286. The van der Waals surface area contributed by atoms with Gasteiger partial charge in [0, 0.05) is 5.56 Å². The highest BCUT2D eigenvalue weighted by atomic mass is 35.5. The summed E-state index contributed by atoms with van der Waals surface area (Å²) in [5.41, 5.74) is -0.604. The molecule has 2 rings (SSSR count). The molecule has 0 radical (unpaired) electrons. The highest BCUT2D eigenvalue weighted by Crippen LogP contribution is 2.29. The number of methoxy groups -OCH3 is 1. The van der Waals surface area contributed by atoms with Crippen LogP contribution in [0.5, 0.6) is 6.01 Å². The van der Waals surface area contributed by atoms with Crippen molar-refractivity contribution in [3.63, 3.8) is 0 Å². The summed E-state index contributed by atoms with van der Waals surface area (Å²) in [7, 11) is 1.34. The average Bonchev–Trinajstić information content (AvgIpc) is 2.52. The van der Waals surface area contributed by atoms with Gasteiger partial charge in [0.05, 0.1) is 17.6 Å². The number of urea groups is 1. The summed E-state index contributed by atoms with van der Waals surface area (Å²) < 4.78 is 4.86. The zero-order valence-corrected chi connectivity index (χ0v) is 15.4. The van der Waals surface area contributed by atoms with Crippen LogP contribution in [-0.4, -0.2) is 43.9 Å². The van der Waals surface area contributed by atoms with Gasteiger partial charge in [-0.2, -0.15) is 15.0 Å². The van der Waals surface area contributed by atoms with Crippen molar-refractivity contribution in [3.8, 4) is 6.01 Å². The number of carbonyl (C=O) groups excluding carboxylic acids is 2. The van der Waals surface area contributed by atoms with Crippen molar-refractivity contribution in [2.45, 2.75) is 20.8 Å². The van der Waals surface area contributed by atoms with Gasteiger partial charge in [-0.15, -0.1) is 0 Å². The maximum Gasteiger partial charge on any atom is 0.328 e. The van der Waals surface area contributed by atoms with Gasteiger partial charge in [0.1, 0.15) is 16.7 Å². The van der Waals surface area contributed by atoms with Gasteiger partial charge in [-0.3, -0.25) is 25.5 Å². The Bertz CT molecular complexity index is 950. The highest BCUT2D eigenvalue weighted by Gasteiger charge is 2.27. The predicted octanol–water partition coefficient (Wildman–Crippen LogP) is 1.72. The van der Waals surface area contributed by atoms with E-state index in [1.54, 1.807) is 6.92 Å². The van der Waals surface area contributed by atoms with Crippen LogP contribution in [0.3, 0.4) is 0 Å². The van der Waals surface area contributed by atoms with Crippen molar-refractivity contribution in [1.29, 1.82) is 0 Å². The molecule has 27 heavy (non-hydrogen) atoms. The molecule has 0 unspecified atom stereocenters. The molecular weight excluding hydrogens is 382 g/mol. The Morgan fingerprint density at radius 2 is 1.81 bits per heavy atom. The Kier molecular flexibility index (Phi) is 5.80. The number of carbonyl (C=O) groups is 2.